The van der Waals surface area contributed by atoms with Gasteiger partial charge in [0.1, 0.15) is 0 Å². The Hall–Kier alpha value is -4.32. The highest BCUT2D eigenvalue weighted by Gasteiger charge is 2.34. The van der Waals surface area contributed by atoms with Gasteiger partial charge < -0.3 is 14.2 Å². The van der Waals surface area contributed by atoms with E-state index in [1.54, 1.807) is 7.05 Å². The molecule has 6 rings (SSSR count). The number of carboxylic acids is 1. The molecule has 226 valence electrons. The minimum Gasteiger partial charge on any atom is -0.476 e. The third-order valence-electron chi connectivity index (χ3n) is 7.85. The highest BCUT2D eigenvalue weighted by atomic mass is 16.7. The van der Waals surface area contributed by atoms with Crippen molar-refractivity contribution in [3.05, 3.63) is 106 Å². The van der Waals surface area contributed by atoms with Crippen molar-refractivity contribution in [2.75, 3.05) is 27.2 Å². The Kier molecular flexibility index (Phi) is 9.34. The molecular weight excluding hydrogens is 550 g/mol. The molecule has 2 atom stereocenters. The number of nitrogens with zero attached hydrogens (tertiary/aromatic N) is 5. The second-order valence-corrected chi connectivity index (χ2v) is 11.1. The predicted octanol–water partition coefficient (Wildman–Crippen LogP) is 4.92. The average Bonchev–Trinajstić information content (AvgIpc) is 3.63. The number of fused-ring (bicyclic) bond motifs is 2. The maximum absolute atomic E-state index is 12.3. The Bertz CT molecular complexity index is 1540. The van der Waals surface area contributed by atoms with Gasteiger partial charge in [-0.05, 0) is 23.0 Å². The number of carbonyl (C=O) groups is 2. The Labute approximate surface area is 250 Å². The molecule has 0 radical (unpaired) electrons. The summed E-state index contributed by atoms with van der Waals surface area (Å²) in [6, 6.07) is 20.5. The summed E-state index contributed by atoms with van der Waals surface area (Å²) < 4.78 is 10.7. The number of hydrogen-bond acceptors (Lipinski definition) is 9. The van der Waals surface area contributed by atoms with Crippen LogP contribution in [-0.4, -0.2) is 69.4 Å². The SMILES string of the molecule is CON(C)C(=O)c1noc2c1[C@@H](C)CN(Cc1ccccc1)C2.C[C@H]1CN(Cc2ccccc2)Cc2onc(C(=O)O)c21. The summed E-state index contributed by atoms with van der Waals surface area (Å²) in [5, 5.41) is 18.0. The minimum atomic E-state index is -1.02. The van der Waals surface area contributed by atoms with Crippen molar-refractivity contribution < 1.29 is 28.6 Å². The van der Waals surface area contributed by atoms with E-state index >= 15 is 0 Å². The Morgan fingerprint density at radius 2 is 1.28 bits per heavy atom. The van der Waals surface area contributed by atoms with Gasteiger partial charge in [0, 0.05) is 44.4 Å². The summed E-state index contributed by atoms with van der Waals surface area (Å²) >= 11 is 0. The van der Waals surface area contributed by atoms with Crippen molar-refractivity contribution in [2.45, 2.75) is 51.9 Å². The number of hydrogen-bond donors (Lipinski definition) is 1. The van der Waals surface area contributed by atoms with E-state index in [1.165, 1.54) is 23.3 Å². The molecule has 0 aliphatic carbocycles. The van der Waals surface area contributed by atoms with Gasteiger partial charge in [0.15, 0.2) is 22.9 Å². The summed E-state index contributed by atoms with van der Waals surface area (Å²) in [6.45, 7) is 8.72. The van der Waals surface area contributed by atoms with Gasteiger partial charge in [-0.1, -0.05) is 84.8 Å². The first kappa shape index (κ1) is 30.1. The second-order valence-electron chi connectivity index (χ2n) is 11.1. The van der Waals surface area contributed by atoms with Crippen LogP contribution < -0.4 is 0 Å². The molecular formula is C32H37N5O6. The number of aromatic carboxylic acids is 1. The van der Waals surface area contributed by atoms with Crippen LogP contribution in [0.15, 0.2) is 69.7 Å². The molecule has 0 saturated heterocycles. The summed E-state index contributed by atoms with van der Waals surface area (Å²) in [6.07, 6.45) is 0. The fraction of sp³-hybridized carbons (Fsp3) is 0.375. The Morgan fingerprint density at radius 3 is 1.72 bits per heavy atom. The first-order chi connectivity index (χ1) is 20.7. The number of hydroxylamine groups is 2. The molecule has 2 aromatic carbocycles. The van der Waals surface area contributed by atoms with Gasteiger partial charge in [-0.2, -0.15) is 0 Å². The van der Waals surface area contributed by atoms with E-state index in [4.69, 9.17) is 19.0 Å². The lowest BCUT2D eigenvalue weighted by atomic mass is 9.93. The lowest BCUT2D eigenvalue weighted by Crippen LogP contribution is -2.33. The number of carboxylic acid groups (broad SMARTS) is 1. The van der Waals surface area contributed by atoms with Crippen LogP contribution in [0.3, 0.4) is 0 Å². The monoisotopic (exact) mass is 587 g/mol. The molecule has 1 amide bonds. The topological polar surface area (TPSA) is 125 Å². The molecule has 2 aromatic heterocycles. The summed E-state index contributed by atoms with van der Waals surface area (Å²) in [7, 11) is 3.02. The van der Waals surface area contributed by atoms with Crippen LogP contribution in [0.2, 0.25) is 0 Å². The highest BCUT2D eigenvalue weighted by Crippen LogP contribution is 2.33. The molecule has 0 saturated carbocycles. The average molecular weight is 588 g/mol. The maximum Gasteiger partial charge on any atom is 0.358 e. The highest BCUT2D eigenvalue weighted by molar-refractivity contribution is 5.93. The van der Waals surface area contributed by atoms with Crippen molar-refractivity contribution >= 4 is 11.9 Å². The van der Waals surface area contributed by atoms with E-state index in [1.807, 2.05) is 43.3 Å². The van der Waals surface area contributed by atoms with Crippen molar-refractivity contribution in [3.8, 4) is 0 Å². The van der Waals surface area contributed by atoms with Crippen molar-refractivity contribution in [2.24, 2.45) is 0 Å². The minimum absolute atomic E-state index is 0.0619. The van der Waals surface area contributed by atoms with Crippen molar-refractivity contribution in [1.29, 1.82) is 0 Å². The van der Waals surface area contributed by atoms with Crippen molar-refractivity contribution in [1.82, 2.24) is 25.2 Å². The fourth-order valence-electron chi connectivity index (χ4n) is 5.86. The summed E-state index contributed by atoms with van der Waals surface area (Å²) in [4.78, 5) is 32.9. The van der Waals surface area contributed by atoms with Crippen LogP contribution in [0.4, 0.5) is 0 Å². The van der Waals surface area contributed by atoms with E-state index < -0.39 is 5.97 Å². The predicted molar refractivity (Wildman–Crippen MR) is 157 cm³/mol. The maximum atomic E-state index is 12.3. The molecule has 4 heterocycles. The van der Waals surface area contributed by atoms with Crippen molar-refractivity contribution in [3.63, 3.8) is 0 Å². The molecule has 11 nitrogen and oxygen atoms in total. The van der Waals surface area contributed by atoms with Gasteiger partial charge in [0.2, 0.25) is 0 Å². The Balaban J connectivity index is 0.000000173. The number of amides is 1. The molecule has 0 fully saturated rings. The van der Waals surface area contributed by atoms with E-state index in [0.29, 0.717) is 24.5 Å². The quantitative estimate of drug-likeness (QED) is 0.298. The van der Waals surface area contributed by atoms with E-state index in [2.05, 4.69) is 51.3 Å². The molecule has 1 N–H and O–H groups in total. The zero-order valence-electron chi connectivity index (χ0n) is 24.9. The zero-order valence-corrected chi connectivity index (χ0v) is 24.9. The molecule has 0 unspecified atom stereocenters. The van der Waals surface area contributed by atoms with Gasteiger partial charge in [-0.3, -0.25) is 19.4 Å². The van der Waals surface area contributed by atoms with Gasteiger partial charge >= 0.3 is 5.97 Å². The number of rotatable bonds is 7. The first-order valence-corrected chi connectivity index (χ1v) is 14.3. The molecule has 0 spiro atoms. The molecule has 0 bridgehead atoms. The zero-order chi connectivity index (χ0) is 30.5. The molecule has 2 aliphatic heterocycles. The summed E-state index contributed by atoms with van der Waals surface area (Å²) in [5.41, 5.74) is 4.58. The van der Waals surface area contributed by atoms with Crippen LogP contribution >= 0.6 is 0 Å². The largest absolute Gasteiger partial charge is 0.476 e. The Morgan fingerprint density at radius 1 is 0.837 bits per heavy atom. The van der Waals surface area contributed by atoms with Gasteiger partial charge in [-0.15, -0.1) is 0 Å². The van der Waals surface area contributed by atoms with Crippen LogP contribution in [0, 0.1) is 0 Å². The van der Waals surface area contributed by atoms with Gasteiger partial charge in [0.05, 0.1) is 20.2 Å². The van der Waals surface area contributed by atoms with Crippen LogP contribution in [0.5, 0.6) is 0 Å². The molecule has 4 aromatic rings. The van der Waals surface area contributed by atoms with E-state index in [9.17, 15) is 9.59 Å². The lowest BCUT2D eigenvalue weighted by molar-refractivity contribution is -0.0763. The van der Waals surface area contributed by atoms with Gasteiger partial charge in [-0.25, -0.2) is 9.86 Å². The third-order valence-corrected chi connectivity index (χ3v) is 7.85. The van der Waals surface area contributed by atoms with E-state index in [0.717, 1.165) is 43.1 Å². The number of benzene rings is 2. The summed E-state index contributed by atoms with van der Waals surface area (Å²) in [5.74, 6) is 0.446. The van der Waals surface area contributed by atoms with Crippen LogP contribution in [0.25, 0.3) is 0 Å². The van der Waals surface area contributed by atoms with Crippen LogP contribution in [-0.2, 0) is 31.0 Å². The second kappa shape index (κ2) is 13.3. The van der Waals surface area contributed by atoms with Crippen LogP contribution in [0.1, 0.15) is 80.4 Å². The smallest absolute Gasteiger partial charge is 0.358 e. The van der Waals surface area contributed by atoms with Gasteiger partial charge in [0.25, 0.3) is 5.91 Å². The fourth-order valence-corrected chi connectivity index (χ4v) is 5.86. The first-order valence-electron chi connectivity index (χ1n) is 14.3. The number of carbonyl (C=O) groups excluding carboxylic acids is 1. The number of aromatic nitrogens is 2. The molecule has 11 heteroatoms. The normalized spacial score (nSPS) is 18.2. The third kappa shape index (κ3) is 6.85. The van der Waals surface area contributed by atoms with E-state index in [-0.39, 0.29) is 23.4 Å². The molecule has 43 heavy (non-hydrogen) atoms. The molecule has 2 aliphatic rings. The standard InChI is InChI=1S/C17H21N3O3.C15H16N2O3/c1-12-9-20(10-13-7-5-4-6-8-13)11-14-15(12)16(18-23-14)17(21)19(2)22-3;1-10-7-17(8-11-5-3-2-4-6-11)9-12-13(10)14(15(18)19)16-20-12/h4-8,12H,9-11H2,1-3H3;2-6,10H,7-9H2,1H3,(H,18,19)/t12-;10-/m00/s1. The lowest BCUT2D eigenvalue weighted by Gasteiger charge is -2.30.